The van der Waals surface area contributed by atoms with E-state index in [1.165, 1.54) is 13.2 Å². The van der Waals surface area contributed by atoms with Crippen LogP contribution in [0.5, 0.6) is 5.75 Å². The van der Waals surface area contributed by atoms with Crippen LogP contribution in [0.3, 0.4) is 0 Å². The molecular weight excluding hydrogens is 244 g/mol. The SMILES string of the molecule is COC(=O)/C=C/c1ccc2c(c1)C[C@H](O)C(C)(C)O2. The number of carbonyl (C=O) groups excluding carboxylic acids is 1. The number of hydrogen-bond acceptors (Lipinski definition) is 4. The van der Waals surface area contributed by atoms with E-state index in [2.05, 4.69) is 4.74 Å². The van der Waals surface area contributed by atoms with E-state index in [4.69, 9.17) is 4.74 Å². The fourth-order valence-electron chi connectivity index (χ4n) is 2.00. The molecule has 0 spiro atoms. The standard InChI is InChI=1S/C15H18O4/c1-15(2)13(16)9-11-8-10(4-6-12(11)19-15)5-7-14(17)18-3/h4-8,13,16H,9H2,1-3H3/b7-5+/t13-/m0/s1. The lowest BCUT2D eigenvalue weighted by Gasteiger charge is -2.37. The van der Waals surface area contributed by atoms with Crippen LogP contribution in [-0.4, -0.2) is 29.9 Å². The van der Waals surface area contributed by atoms with Gasteiger partial charge in [-0.25, -0.2) is 4.79 Å². The number of esters is 1. The molecule has 0 aromatic heterocycles. The van der Waals surface area contributed by atoms with E-state index < -0.39 is 17.7 Å². The summed E-state index contributed by atoms with van der Waals surface area (Å²) < 4.78 is 10.3. The normalized spacial score (nSPS) is 20.7. The van der Waals surface area contributed by atoms with Gasteiger partial charge >= 0.3 is 5.97 Å². The van der Waals surface area contributed by atoms with Gasteiger partial charge in [-0.15, -0.1) is 0 Å². The second-order valence-corrected chi connectivity index (χ2v) is 5.15. The Labute approximate surface area is 112 Å². The molecule has 4 heteroatoms. The van der Waals surface area contributed by atoms with Crippen molar-refractivity contribution in [3.05, 3.63) is 35.4 Å². The summed E-state index contributed by atoms with van der Waals surface area (Å²) in [6.45, 7) is 3.73. The summed E-state index contributed by atoms with van der Waals surface area (Å²) in [6, 6.07) is 5.64. The van der Waals surface area contributed by atoms with Crippen molar-refractivity contribution < 1.29 is 19.4 Å². The van der Waals surface area contributed by atoms with Gasteiger partial charge in [-0.1, -0.05) is 6.07 Å². The van der Waals surface area contributed by atoms with E-state index in [9.17, 15) is 9.90 Å². The molecule has 1 atom stereocenters. The van der Waals surface area contributed by atoms with Crippen molar-refractivity contribution in [3.8, 4) is 5.75 Å². The number of aliphatic hydroxyl groups excluding tert-OH is 1. The van der Waals surface area contributed by atoms with Crippen molar-refractivity contribution in [2.24, 2.45) is 0 Å². The van der Waals surface area contributed by atoms with Gasteiger partial charge in [-0.2, -0.15) is 0 Å². The van der Waals surface area contributed by atoms with Gasteiger partial charge in [0.1, 0.15) is 11.4 Å². The van der Waals surface area contributed by atoms with Crippen LogP contribution in [0.1, 0.15) is 25.0 Å². The Bertz CT molecular complexity index is 517. The number of hydrogen-bond donors (Lipinski definition) is 1. The van der Waals surface area contributed by atoms with E-state index in [1.54, 1.807) is 6.08 Å². The van der Waals surface area contributed by atoms with Crippen molar-refractivity contribution in [3.63, 3.8) is 0 Å². The van der Waals surface area contributed by atoms with Gasteiger partial charge in [0.2, 0.25) is 0 Å². The first kappa shape index (κ1) is 13.6. The number of aliphatic hydroxyl groups is 1. The zero-order valence-corrected chi connectivity index (χ0v) is 11.3. The Kier molecular flexibility index (Phi) is 3.62. The third kappa shape index (κ3) is 2.96. The molecule has 1 heterocycles. The quantitative estimate of drug-likeness (QED) is 0.654. The number of carbonyl (C=O) groups is 1. The molecule has 102 valence electrons. The van der Waals surface area contributed by atoms with E-state index in [1.807, 2.05) is 32.0 Å². The molecule has 0 saturated heterocycles. The molecular formula is C15H18O4. The zero-order valence-electron chi connectivity index (χ0n) is 11.3. The Balaban J connectivity index is 2.24. The third-order valence-corrected chi connectivity index (χ3v) is 3.29. The maximum Gasteiger partial charge on any atom is 0.330 e. The molecule has 1 aliphatic rings. The zero-order chi connectivity index (χ0) is 14.0. The molecule has 0 unspecified atom stereocenters. The van der Waals surface area contributed by atoms with Crippen LogP contribution in [0.25, 0.3) is 6.08 Å². The van der Waals surface area contributed by atoms with Gasteiger partial charge in [0, 0.05) is 12.5 Å². The molecule has 1 aromatic carbocycles. The van der Waals surface area contributed by atoms with Crippen molar-refractivity contribution >= 4 is 12.0 Å². The van der Waals surface area contributed by atoms with Crippen LogP contribution < -0.4 is 4.74 Å². The van der Waals surface area contributed by atoms with Gasteiger partial charge in [-0.05, 0) is 43.2 Å². The Morgan fingerprint density at radius 2 is 2.26 bits per heavy atom. The molecule has 0 aliphatic carbocycles. The molecule has 0 saturated carbocycles. The van der Waals surface area contributed by atoms with E-state index in [0.717, 1.165) is 16.9 Å². The summed E-state index contributed by atoms with van der Waals surface area (Å²) >= 11 is 0. The summed E-state index contributed by atoms with van der Waals surface area (Å²) in [5.41, 5.74) is 1.25. The number of methoxy groups -OCH3 is 1. The maximum absolute atomic E-state index is 11.0. The predicted molar refractivity (Wildman–Crippen MR) is 71.9 cm³/mol. The number of ether oxygens (including phenoxy) is 2. The number of benzene rings is 1. The first-order chi connectivity index (χ1) is 8.92. The highest BCUT2D eigenvalue weighted by Gasteiger charge is 2.35. The van der Waals surface area contributed by atoms with Crippen LogP contribution in [0, 0.1) is 0 Å². The fourth-order valence-corrected chi connectivity index (χ4v) is 2.00. The summed E-state index contributed by atoms with van der Waals surface area (Å²) in [5.74, 6) is 0.389. The second-order valence-electron chi connectivity index (χ2n) is 5.15. The Morgan fingerprint density at radius 3 is 2.95 bits per heavy atom. The van der Waals surface area contributed by atoms with Crippen LogP contribution in [-0.2, 0) is 16.0 Å². The lowest BCUT2D eigenvalue weighted by Crippen LogP contribution is -2.46. The maximum atomic E-state index is 11.0. The molecule has 2 rings (SSSR count). The largest absolute Gasteiger partial charge is 0.485 e. The molecule has 0 amide bonds. The minimum absolute atomic E-state index is 0.393. The van der Waals surface area contributed by atoms with Crippen molar-refractivity contribution in [1.82, 2.24) is 0 Å². The molecule has 1 aromatic rings. The fraction of sp³-hybridized carbons (Fsp3) is 0.400. The number of rotatable bonds is 2. The molecule has 0 bridgehead atoms. The summed E-state index contributed by atoms with van der Waals surface area (Å²) in [4.78, 5) is 11.0. The van der Waals surface area contributed by atoms with Crippen LogP contribution in [0.4, 0.5) is 0 Å². The number of fused-ring (bicyclic) bond motifs is 1. The molecule has 19 heavy (non-hydrogen) atoms. The molecule has 1 aliphatic heterocycles. The predicted octanol–water partition coefficient (Wildman–Crippen LogP) is 1.95. The average molecular weight is 262 g/mol. The minimum Gasteiger partial charge on any atom is -0.485 e. The summed E-state index contributed by atoms with van der Waals surface area (Å²) in [5, 5.41) is 10.0. The molecule has 0 fully saturated rings. The van der Waals surface area contributed by atoms with Gasteiger partial charge in [0.05, 0.1) is 13.2 Å². The molecule has 0 radical (unpaired) electrons. The first-order valence-electron chi connectivity index (χ1n) is 6.18. The molecule has 4 nitrogen and oxygen atoms in total. The summed E-state index contributed by atoms with van der Waals surface area (Å²) in [6.07, 6.45) is 3.05. The van der Waals surface area contributed by atoms with Crippen LogP contribution >= 0.6 is 0 Å². The average Bonchev–Trinajstić information content (AvgIpc) is 2.37. The van der Waals surface area contributed by atoms with E-state index in [0.29, 0.717) is 6.42 Å². The highest BCUT2D eigenvalue weighted by molar-refractivity contribution is 5.87. The Hall–Kier alpha value is -1.81. The van der Waals surface area contributed by atoms with Crippen LogP contribution in [0.15, 0.2) is 24.3 Å². The molecule has 1 N–H and O–H groups in total. The van der Waals surface area contributed by atoms with E-state index in [-0.39, 0.29) is 0 Å². The first-order valence-corrected chi connectivity index (χ1v) is 6.18. The van der Waals surface area contributed by atoms with E-state index >= 15 is 0 Å². The summed E-state index contributed by atoms with van der Waals surface area (Å²) in [7, 11) is 1.34. The van der Waals surface area contributed by atoms with Crippen molar-refractivity contribution in [1.29, 1.82) is 0 Å². The highest BCUT2D eigenvalue weighted by Crippen LogP contribution is 2.33. The van der Waals surface area contributed by atoms with Gasteiger partial charge < -0.3 is 14.6 Å². The second kappa shape index (κ2) is 5.05. The van der Waals surface area contributed by atoms with Gasteiger partial charge in [0.25, 0.3) is 0 Å². The lowest BCUT2D eigenvalue weighted by atomic mass is 9.90. The minimum atomic E-state index is -0.573. The lowest BCUT2D eigenvalue weighted by molar-refractivity contribution is -0.134. The van der Waals surface area contributed by atoms with Crippen molar-refractivity contribution in [2.75, 3.05) is 7.11 Å². The monoisotopic (exact) mass is 262 g/mol. The van der Waals surface area contributed by atoms with Gasteiger partial charge in [0.15, 0.2) is 0 Å². The highest BCUT2D eigenvalue weighted by atomic mass is 16.5. The van der Waals surface area contributed by atoms with Gasteiger partial charge in [-0.3, -0.25) is 0 Å². The van der Waals surface area contributed by atoms with Crippen LogP contribution in [0.2, 0.25) is 0 Å². The third-order valence-electron chi connectivity index (χ3n) is 3.29. The topological polar surface area (TPSA) is 55.8 Å². The Morgan fingerprint density at radius 1 is 1.53 bits per heavy atom. The van der Waals surface area contributed by atoms with Crippen molar-refractivity contribution in [2.45, 2.75) is 32.0 Å². The smallest absolute Gasteiger partial charge is 0.330 e.